The molecule has 2 N–H and O–H groups in total. The van der Waals surface area contributed by atoms with E-state index in [-0.39, 0.29) is 24.1 Å². The van der Waals surface area contributed by atoms with Crippen LogP contribution in [0.25, 0.3) is 0 Å². The molecule has 7 nitrogen and oxygen atoms in total. The second-order valence-corrected chi connectivity index (χ2v) is 9.90. The van der Waals surface area contributed by atoms with E-state index in [1.54, 1.807) is 31.3 Å². The van der Waals surface area contributed by atoms with Crippen LogP contribution in [0.2, 0.25) is 0 Å². The Morgan fingerprint density at radius 3 is 2.73 bits per heavy atom. The molecule has 1 aromatic rings. The molecule has 1 aliphatic heterocycles. The van der Waals surface area contributed by atoms with E-state index in [2.05, 4.69) is 11.1 Å². The van der Waals surface area contributed by atoms with E-state index in [1.807, 2.05) is 26.8 Å². The Kier molecular flexibility index (Phi) is 5.83. The molecule has 1 fully saturated rings. The lowest BCUT2D eigenvalue weighted by Gasteiger charge is -2.64. The fourth-order valence-corrected chi connectivity index (χ4v) is 5.80. The summed E-state index contributed by atoms with van der Waals surface area (Å²) in [4.78, 5) is 28.4. The number of aliphatic hydroxyl groups excluding tert-OH is 1. The quantitative estimate of drug-likeness (QED) is 0.533. The normalized spacial score (nSPS) is 38.4. The third-order valence-corrected chi connectivity index (χ3v) is 8.21. The van der Waals surface area contributed by atoms with Crippen molar-refractivity contribution in [1.29, 1.82) is 0 Å². The number of carbonyl (C=O) groups excluding carboxylic acids is 2. The molecule has 0 saturated heterocycles. The number of fused-ring (bicyclic) bond motifs is 1. The van der Waals surface area contributed by atoms with E-state index >= 15 is 0 Å². The van der Waals surface area contributed by atoms with Crippen LogP contribution in [0.4, 0.5) is 0 Å². The highest BCUT2D eigenvalue weighted by atomic mass is 16.6. The summed E-state index contributed by atoms with van der Waals surface area (Å²) >= 11 is 0. The minimum Gasteiger partial charge on any atom is -0.458 e. The van der Waals surface area contributed by atoms with Gasteiger partial charge in [0.15, 0.2) is 0 Å². The molecule has 0 aromatic carbocycles. The zero-order valence-corrected chi connectivity index (χ0v) is 19.4. The van der Waals surface area contributed by atoms with Crippen molar-refractivity contribution in [3.05, 3.63) is 65.5 Å². The predicted octanol–water partition coefficient (Wildman–Crippen LogP) is 3.14. The van der Waals surface area contributed by atoms with E-state index in [9.17, 15) is 19.8 Å². The van der Waals surface area contributed by atoms with Crippen LogP contribution in [-0.4, -0.2) is 51.6 Å². The number of rotatable bonds is 4. The van der Waals surface area contributed by atoms with Gasteiger partial charge in [0.05, 0.1) is 5.56 Å². The lowest BCUT2D eigenvalue weighted by molar-refractivity contribution is -0.251. The van der Waals surface area contributed by atoms with Crippen LogP contribution in [0.15, 0.2) is 60.0 Å². The van der Waals surface area contributed by atoms with E-state index < -0.39 is 34.6 Å². The number of esters is 2. The third-order valence-electron chi connectivity index (χ3n) is 8.21. The summed E-state index contributed by atoms with van der Waals surface area (Å²) in [5.74, 6) is -1.12. The van der Waals surface area contributed by atoms with Crippen LogP contribution >= 0.6 is 0 Å². The zero-order chi connectivity index (χ0) is 24.0. The van der Waals surface area contributed by atoms with Gasteiger partial charge in [0.2, 0.25) is 0 Å². The summed E-state index contributed by atoms with van der Waals surface area (Å²) in [7, 11) is 0. The minimum atomic E-state index is -1.62. The second kappa shape index (κ2) is 8.22. The smallest absolute Gasteiger partial charge is 0.340 e. The Morgan fingerprint density at radius 2 is 2.09 bits per heavy atom. The minimum absolute atomic E-state index is 0.144. The van der Waals surface area contributed by atoms with Gasteiger partial charge in [-0.25, -0.2) is 9.59 Å². The molecule has 1 aromatic heterocycles. The standard InChI is InChI=1S/C26H31NO6/c1-16-7-5-9-19-24(2,11-10-17-13-20(28)32-15-17)26(4,31)21(29)22(25(16,19)3)33-23(30)18-8-6-12-27-14-18/h6-8,10-14,19,21-22,29,31H,5,9,15H2,1-4H3/b11-10+. The van der Waals surface area contributed by atoms with Crippen LogP contribution in [0.5, 0.6) is 0 Å². The number of ether oxygens (including phenoxy) is 2. The van der Waals surface area contributed by atoms with Crippen molar-refractivity contribution in [2.45, 2.75) is 58.3 Å². The maximum atomic E-state index is 12.9. The van der Waals surface area contributed by atoms with Crippen LogP contribution < -0.4 is 0 Å². The summed E-state index contributed by atoms with van der Waals surface area (Å²) in [6, 6.07) is 3.26. The van der Waals surface area contributed by atoms with Crippen LogP contribution in [0.3, 0.4) is 0 Å². The lowest BCUT2D eigenvalue weighted by Crippen LogP contribution is -2.71. The van der Waals surface area contributed by atoms with Crippen LogP contribution in [-0.2, 0) is 14.3 Å². The molecular weight excluding hydrogens is 422 g/mol. The second-order valence-electron chi connectivity index (χ2n) is 9.90. The number of hydrogen-bond acceptors (Lipinski definition) is 7. The van der Waals surface area contributed by atoms with Gasteiger partial charge in [-0.1, -0.05) is 37.6 Å². The van der Waals surface area contributed by atoms with E-state index in [4.69, 9.17) is 9.47 Å². The van der Waals surface area contributed by atoms with Crippen molar-refractivity contribution in [2.75, 3.05) is 6.61 Å². The Labute approximate surface area is 193 Å². The van der Waals surface area contributed by atoms with Gasteiger partial charge in [-0.15, -0.1) is 0 Å². The molecule has 4 rings (SSSR count). The number of cyclic esters (lactones) is 1. The number of carbonyl (C=O) groups is 2. The highest BCUT2D eigenvalue weighted by molar-refractivity contribution is 5.89. The van der Waals surface area contributed by atoms with Crippen molar-refractivity contribution >= 4 is 11.9 Å². The lowest BCUT2D eigenvalue weighted by atomic mass is 9.44. The monoisotopic (exact) mass is 453 g/mol. The van der Waals surface area contributed by atoms with Crippen molar-refractivity contribution in [2.24, 2.45) is 16.7 Å². The molecule has 176 valence electrons. The van der Waals surface area contributed by atoms with Gasteiger partial charge >= 0.3 is 11.9 Å². The van der Waals surface area contributed by atoms with Crippen molar-refractivity contribution in [1.82, 2.24) is 4.98 Å². The largest absolute Gasteiger partial charge is 0.458 e. The maximum absolute atomic E-state index is 12.9. The molecule has 2 heterocycles. The molecule has 33 heavy (non-hydrogen) atoms. The number of nitrogens with zero attached hydrogens (tertiary/aromatic N) is 1. The zero-order valence-electron chi connectivity index (χ0n) is 19.4. The molecule has 2 aliphatic carbocycles. The van der Waals surface area contributed by atoms with E-state index in [1.165, 1.54) is 12.3 Å². The average molecular weight is 454 g/mol. The number of allylic oxidation sites excluding steroid dienone is 1. The molecule has 0 radical (unpaired) electrons. The van der Waals surface area contributed by atoms with Crippen molar-refractivity contribution < 1.29 is 29.3 Å². The summed E-state index contributed by atoms with van der Waals surface area (Å²) in [5.41, 5.74) is -1.20. The number of aliphatic hydroxyl groups is 2. The fourth-order valence-electron chi connectivity index (χ4n) is 5.80. The number of aromatic nitrogens is 1. The Morgan fingerprint density at radius 1 is 1.33 bits per heavy atom. The first-order valence-electron chi connectivity index (χ1n) is 11.3. The Balaban J connectivity index is 1.76. The highest BCUT2D eigenvalue weighted by Gasteiger charge is 2.68. The highest BCUT2D eigenvalue weighted by Crippen LogP contribution is 2.63. The topological polar surface area (TPSA) is 106 Å². The number of pyridine rings is 1. The Bertz CT molecular complexity index is 1040. The molecule has 6 unspecified atom stereocenters. The summed E-state index contributed by atoms with van der Waals surface area (Å²) < 4.78 is 10.9. The molecule has 6 atom stereocenters. The Hall–Kier alpha value is -2.77. The van der Waals surface area contributed by atoms with Gasteiger partial charge in [-0.2, -0.15) is 0 Å². The van der Waals surface area contributed by atoms with E-state index in [0.717, 1.165) is 18.4 Å². The molecule has 1 saturated carbocycles. The molecule has 0 bridgehead atoms. The molecule has 0 amide bonds. The van der Waals surface area contributed by atoms with Gasteiger partial charge in [-0.05, 0) is 50.3 Å². The first-order valence-corrected chi connectivity index (χ1v) is 11.3. The third kappa shape index (κ3) is 3.63. The van der Waals surface area contributed by atoms with Gasteiger partial charge in [0, 0.05) is 29.3 Å². The summed E-state index contributed by atoms with van der Waals surface area (Å²) in [5, 5.41) is 23.2. The van der Waals surface area contributed by atoms with Crippen molar-refractivity contribution in [3.8, 4) is 0 Å². The van der Waals surface area contributed by atoms with E-state index in [0.29, 0.717) is 5.57 Å². The van der Waals surface area contributed by atoms with Gasteiger partial charge in [0.25, 0.3) is 0 Å². The van der Waals surface area contributed by atoms with Gasteiger partial charge < -0.3 is 19.7 Å². The molecule has 0 spiro atoms. The molecular formula is C26H31NO6. The molecule has 7 heteroatoms. The first-order chi connectivity index (χ1) is 15.5. The first kappa shape index (κ1) is 23.4. The predicted molar refractivity (Wildman–Crippen MR) is 121 cm³/mol. The van der Waals surface area contributed by atoms with Crippen LogP contribution in [0.1, 0.15) is 50.9 Å². The van der Waals surface area contributed by atoms with Crippen LogP contribution in [0, 0.1) is 16.7 Å². The van der Waals surface area contributed by atoms with Gasteiger partial charge in [-0.3, -0.25) is 4.98 Å². The SMILES string of the molecule is CC1=CCCC2C1(C)C(OC(=O)c1cccnc1)C(O)C(C)(O)C2(C)/C=C/C1=CC(=O)OC1. The van der Waals surface area contributed by atoms with Crippen molar-refractivity contribution in [3.63, 3.8) is 0 Å². The number of hydrogen-bond donors (Lipinski definition) is 2. The maximum Gasteiger partial charge on any atom is 0.340 e. The summed E-state index contributed by atoms with van der Waals surface area (Å²) in [6.07, 6.45) is 9.45. The average Bonchev–Trinajstić information content (AvgIpc) is 3.21. The summed E-state index contributed by atoms with van der Waals surface area (Å²) in [6.45, 7) is 7.68. The molecule has 3 aliphatic rings. The fraction of sp³-hybridized carbons (Fsp3) is 0.500. The van der Waals surface area contributed by atoms with Gasteiger partial charge in [0.1, 0.15) is 24.4 Å².